The summed E-state index contributed by atoms with van der Waals surface area (Å²) >= 11 is 6.13. The number of nitrogens with zero attached hydrogens (tertiary/aromatic N) is 3. The summed E-state index contributed by atoms with van der Waals surface area (Å²) in [6.07, 6.45) is 2.51. The minimum Gasteiger partial charge on any atom is -0.378 e. The maximum atomic E-state index is 14.2. The monoisotopic (exact) mass is 600 g/mol. The van der Waals surface area contributed by atoms with Crippen LogP contribution < -0.4 is 15.1 Å². The Labute approximate surface area is 255 Å². The van der Waals surface area contributed by atoms with Crippen LogP contribution in [-0.2, 0) is 25.7 Å². The Hall–Kier alpha value is -4.21. The summed E-state index contributed by atoms with van der Waals surface area (Å²) in [6.45, 7) is 2.79. The number of fused-ring (bicyclic) bond motifs is 1. The second-order valence-electron chi connectivity index (χ2n) is 11.2. The largest absolute Gasteiger partial charge is 0.378 e. The number of morpholine rings is 1. The molecule has 3 aromatic carbocycles. The Morgan fingerprint density at radius 1 is 0.907 bits per heavy atom. The molecule has 0 spiro atoms. The predicted molar refractivity (Wildman–Crippen MR) is 164 cm³/mol. The lowest BCUT2D eigenvalue weighted by Crippen LogP contribution is -2.59. The molecule has 2 fully saturated rings. The number of ether oxygens (including phenoxy) is 1. The Morgan fingerprint density at radius 2 is 1.58 bits per heavy atom. The van der Waals surface area contributed by atoms with E-state index in [1.807, 2.05) is 36.4 Å². The number of carbonyl (C=O) groups excluding carboxylic acids is 4. The van der Waals surface area contributed by atoms with Crippen LogP contribution in [0.3, 0.4) is 0 Å². The fourth-order valence-electron chi connectivity index (χ4n) is 6.28. The SMILES string of the molecule is O=C1C(=O)N(CC(=O)N(Cc2ccc(Cl)cc2)C2(C(=O)Nc3ccc(N4CCOCC4)cc3)CCCC2)c2ccccc21. The highest BCUT2D eigenvalue weighted by Gasteiger charge is 2.49. The molecule has 1 aliphatic carbocycles. The lowest BCUT2D eigenvalue weighted by molar-refractivity contribution is -0.145. The minimum absolute atomic E-state index is 0.150. The van der Waals surface area contributed by atoms with Crippen LogP contribution in [0.25, 0.3) is 0 Å². The molecule has 1 saturated heterocycles. The van der Waals surface area contributed by atoms with E-state index >= 15 is 0 Å². The van der Waals surface area contributed by atoms with Gasteiger partial charge in [0.25, 0.3) is 11.7 Å². The first-order valence-electron chi connectivity index (χ1n) is 14.6. The van der Waals surface area contributed by atoms with Crippen LogP contribution in [0.4, 0.5) is 17.1 Å². The molecule has 6 rings (SSSR count). The number of para-hydroxylation sites is 1. The van der Waals surface area contributed by atoms with Crippen LogP contribution in [0.2, 0.25) is 5.02 Å². The van der Waals surface area contributed by atoms with Gasteiger partial charge in [0.2, 0.25) is 11.8 Å². The van der Waals surface area contributed by atoms with E-state index in [1.54, 1.807) is 41.3 Å². The summed E-state index contributed by atoms with van der Waals surface area (Å²) in [6, 6.07) is 21.5. The smallest absolute Gasteiger partial charge is 0.299 e. The Bertz CT molecular complexity index is 1530. The number of anilines is 3. The zero-order chi connectivity index (χ0) is 30.0. The number of carbonyl (C=O) groups is 4. The molecule has 0 atom stereocenters. The van der Waals surface area contributed by atoms with Crippen LogP contribution in [-0.4, -0.2) is 66.8 Å². The van der Waals surface area contributed by atoms with E-state index in [9.17, 15) is 19.2 Å². The third kappa shape index (κ3) is 5.75. The van der Waals surface area contributed by atoms with Crippen molar-refractivity contribution < 1.29 is 23.9 Å². The number of hydrogen-bond donors (Lipinski definition) is 1. The maximum Gasteiger partial charge on any atom is 0.299 e. The highest BCUT2D eigenvalue weighted by molar-refractivity contribution is 6.52. The molecule has 2 aliphatic heterocycles. The molecule has 0 bridgehead atoms. The van der Waals surface area contributed by atoms with Crippen molar-refractivity contribution in [2.24, 2.45) is 0 Å². The van der Waals surface area contributed by atoms with Crippen LogP contribution in [0, 0.1) is 0 Å². The third-order valence-corrected chi connectivity index (χ3v) is 8.85. The molecule has 3 aliphatic rings. The van der Waals surface area contributed by atoms with Crippen LogP contribution in [0.1, 0.15) is 41.6 Å². The number of ketones is 1. The molecule has 0 aromatic heterocycles. The number of nitrogens with one attached hydrogen (secondary N) is 1. The first-order valence-corrected chi connectivity index (χ1v) is 15.0. The highest BCUT2D eigenvalue weighted by Crippen LogP contribution is 2.39. The second kappa shape index (κ2) is 12.2. The van der Waals surface area contributed by atoms with Gasteiger partial charge in [0, 0.05) is 36.0 Å². The molecule has 1 saturated carbocycles. The quantitative estimate of drug-likeness (QED) is 0.377. The van der Waals surface area contributed by atoms with Gasteiger partial charge in [0.05, 0.1) is 24.5 Å². The lowest BCUT2D eigenvalue weighted by Gasteiger charge is -2.41. The van der Waals surface area contributed by atoms with Crippen LogP contribution in [0.5, 0.6) is 0 Å². The minimum atomic E-state index is -1.13. The first-order chi connectivity index (χ1) is 20.9. The highest BCUT2D eigenvalue weighted by atomic mass is 35.5. The van der Waals surface area contributed by atoms with Gasteiger partial charge in [-0.2, -0.15) is 0 Å². The van der Waals surface area contributed by atoms with Crippen LogP contribution >= 0.6 is 11.6 Å². The third-order valence-electron chi connectivity index (χ3n) is 8.60. The van der Waals surface area contributed by atoms with Gasteiger partial charge in [-0.05, 0) is 66.9 Å². The molecule has 3 amide bonds. The molecule has 43 heavy (non-hydrogen) atoms. The molecular weight excluding hydrogens is 568 g/mol. The average molecular weight is 601 g/mol. The summed E-state index contributed by atoms with van der Waals surface area (Å²) < 4.78 is 5.45. The van der Waals surface area contributed by atoms with Gasteiger partial charge >= 0.3 is 0 Å². The maximum absolute atomic E-state index is 14.2. The topological polar surface area (TPSA) is 99.3 Å². The van der Waals surface area contributed by atoms with Gasteiger partial charge in [-0.3, -0.25) is 24.1 Å². The Kier molecular flexibility index (Phi) is 8.19. The fourth-order valence-corrected chi connectivity index (χ4v) is 6.41. The lowest BCUT2D eigenvalue weighted by atomic mass is 9.92. The summed E-state index contributed by atoms with van der Waals surface area (Å²) in [5.74, 6) is -2.06. The van der Waals surface area contributed by atoms with Crippen molar-refractivity contribution in [3.63, 3.8) is 0 Å². The molecule has 3 aromatic rings. The number of hydrogen-bond acceptors (Lipinski definition) is 6. The zero-order valence-electron chi connectivity index (χ0n) is 23.8. The van der Waals surface area contributed by atoms with E-state index in [-0.39, 0.29) is 24.6 Å². The molecule has 0 radical (unpaired) electrons. The number of halogens is 1. The predicted octanol–water partition coefficient (Wildman–Crippen LogP) is 4.69. The van der Waals surface area contributed by atoms with Crippen molar-refractivity contribution in [1.29, 1.82) is 0 Å². The van der Waals surface area contributed by atoms with Crippen molar-refractivity contribution in [3.8, 4) is 0 Å². The van der Waals surface area contributed by atoms with Gasteiger partial charge < -0.3 is 19.9 Å². The van der Waals surface area contributed by atoms with Gasteiger partial charge in [-0.15, -0.1) is 0 Å². The summed E-state index contributed by atoms with van der Waals surface area (Å²) in [7, 11) is 0. The Morgan fingerprint density at radius 3 is 2.28 bits per heavy atom. The summed E-state index contributed by atoms with van der Waals surface area (Å²) in [5.41, 5.74) is 2.05. The van der Waals surface area contributed by atoms with Crippen molar-refractivity contribution in [3.05, 3.63) is 88.9 Å². The number of rotatable bonds is 8. The van der Waals surface area contributed by atoms with Gasteiger partial charge in [-0.1, -0.05) is 48.7 Å². The van der Waals surface area contributed by atoms with Crippen LogP contribution in [0.15, 0.2) is 72.8 Å². The van der Waals surface area contributed by atoms with E-state index in [1.165, 1.54) is 4.90 Å². The summed E-state index contributed by atoms with van der Waals surface area (Å²) in [4.78, 5) is 59.0. The van der Waals surface area contributed by atoms with E-state index in [2.05, 4.69) is 10.2 Å². The van der Waals surface area contributed by atoms with E-state index < -0.39 is 23.1 Å². The number of amides is 3. The Balaban J connectivity index is 1.28. The zero-order valence-corrected chi connectivity index (χ0v) is 24.5. The van der Waals surface area contributed by atoms with Crippen molar-refractivity contribution >= 4 is 52.2 Å². The van der Waals surface area contributed by atoms with Gasteiger partial charge in [0.1, 0.15) is 12.1 Å². The average Bonchev–Trinajstić information content (AvgIpc) is 3.62. The normalized spacial score (nSPS) is 17.6. The second-order valence-corrected chi connectivity index (χ2v) is 11.6. The van der Waals surface area contributed by atoms with E-state index in [0.29, 0.717) is 42.5 Å². The molecule has 1 N–H and O–H groups in total. The van der Waals surface area contributed by atoms with E-state index in [0.717, 1.165) is 37.2 Å². The summed E-state index contributed by atoms with van der Waals surface area (Å²) in [5, 5.41) is 3.64. The molecule has 222 valence electrons. The van der Waals surface area contributed by atoms with Crippen molar-refractivity contribution in [2.75, 3.05) is 48.0 Å². The van der Waals surface area contributed by atoms with Crippen molar-refractivity contribution in [1.82, 2.24) is 4.90 Å². The molecule has 9 nitrogen and oxygen atoms in total. The first kappa shape index (κ1) is 28.9. The molecule has 10 heteroatoms. The number of benzene rings is 3. The van der Waals surface area contributed by atoms with Gasteiger partial charge in [0.15, 0.2) is 0 Å². The van der Waals surface area contributed by atoms with E-state index in [4.69, 9.17) is 16.3 Å². The standard InChI is InChI=1S/C33H33ClN4O5/c34-24-9-7-23(8-10-24)21-38(29(39)22-37-28-6-2-1-5-27(28)30(40)31(37)41)33(15-3-4-16-33)32(42)35-25-11-13-26(14-12-25)36-17-19-43-20-18-36/h1-2,5-14H,3-4,15-22H2,(H,35,42). The molecule has 0 unspecified atom stereocenters. The van der Waals surface area contributed by atoms with Gasteiger partial charge in [-0.25, -0.2) is 0 Å². The fraction of sp³-hybridized carbons (Fsp3) is 0.333. The molecular formula is C33H33ClN4O5. The number of Topliss-reactive ketones (excluding diaryl/α,β-unsaturated/α-hetero) is 1. The van der Waals surface area contributed by atoms with Crippen molar-refractivity contribution in [2.45, 2.75) is 37.8 Å². The molecule has 2 heterocycles.